The number of nitrogens with one attached hydrogen (secondary N) is 1. The first-order chi connectivity index (χ1) is 19.3. The number of benzene rings is 3. The second kappa shape index (κ2) is 11.8. The molecule has 3 aromatic carbocycles. The molecule has 0 aliphatic heterocycles. The normalized spacial score (nSPS) is 12.2. The van der Waals surface area contributed by atoms with Crippen molar-refractivity contribution in [1.29, 1.82) is 0 Å². The lowest BCUT2D eigenvalue weighted by Crippen LogP contribution is -2.32. The number of hydrogen-bond acceptors (Lipinski definition) is 6. The van der Waals surface area contributed by atoms with Crippen molar-refractivity contribution >= 4 is 10.9 Å². The molecule has 0 radical (unpaired) electrons. The fourth-order valence-corrected chi connectivity index (χ4v) is 5.03. The fourth-order valence-electron chi connectivity index (χ4n) is 5.03. The molecule has 0 fully saturated rings. The second-order valence-electron chi connectivity index (χ2n) is 10.1. The van der Waals surface area contributed by atoms with Crippen LogP contribution < -0.4 is 10.3 Å². The van der Waals surface area contributed by atoms with E-state index < -0.39 is 0 Å². The zero-order chi connectivity index (χ0) is 28.2. The molecule has 0 unspecified atom stereocenters. The number of halogens is 1. The number of tetrazole rings is 1. The van der Waals surface area contributed by atoms with Crippen LogP contribution in [0.3, 0.4) is 0 Å². The predicted octanol–water partition coefficient (Wildman–Crippen LogP) is 5.48. The highest BCUT2D eigenvalue weighted by molar-refractivity contribution is 5.80. The van der Waals surface area contributed by atoms with Gasteiger partial charge in [0, 0.05) is 24.2 Å². The number of ether oxygens (including phenoxy) is 1. The summed E-state index contributed by atoms with van der Waals surface area (Å²) in [5.74, 6) is 1.19. The zero-order valence-electron chi connectivity index (χ0n) is 23.2. The van der Waals surface area contributed by atoms with Crippen molar-refractivity contribution in [2.24, 2.45) is 0 Å². The molecule has 2 heterocycles. The minimum absolute atomic E-state index is 0.132. The summed E-state index contributed by atoms with van der Waals surface area (Å²) < 4.78 is 20.8. The Morgan fingerprint density at radius 2 is 1.68 bits per heavy atom. The van der Waals surface area contributed by atoms with E-state index in [2.05, 4.69) is 45.3 Å². The molecule has 2 aromatic heterocycles. The molecule has 5 rings (SSSR count). The van der Waals surface area contributed by atoms with Crippen molar-refractivity contribution in [3.63, 3.8) is 0 Å². The van der Waals surface area contributed by atoms with E-state index in [1.807, 2.05) is 43.3 Å². The van der Waals surface area contributed by atoms with Gasteiger partial charge in [-0.05, 0) is 101 Å². The number of aryl methyl sites for hydroxylation is 2. The molecule has 0 saturated heterocycles. The minimum Gasteiger partial charge on any atom is -0.497 e. The number of aromatic amines is 1. The summed E-state index contributed by atoms with van der Waals surface area (Å²) in [6.45, 7) is 7.51. The van der Waals surface area contributed by atoms with Crippen LogP contribution in [0, 0.1) is 19.7 Å². The minimum atomic E-state index is -0.289. The Kier molecular flexibility index (Phi) is 8.02. The average Bonchev–Trinajstić information content (AvgIpc) is 3.40. The van der Waals surface area contributed by atoms with E-state index in [9.17, 15) is 9.18 Å². The van der Waals surface area contributed by atoms with Gasteiger partial charge in [0.15, 0.2) is 5.82 Å². The molecule has 0 spiro atoms. The third-order valence-electron chi connectivity index (χ3n) is 7.38. The maximum Gasteiger partial charge on any atom is 0.252 e. The first kappa shape index (κ1) is 27.2. The molecule has 8 nitrogen and oxygen atoms in total. The van der Waals surface area contributed by atoms with Crippen LogP contribution in [0.1, 0.15) is 53.0 Å². The highest BCUT2D eigenvalue weighted by atomic mass is 19.1. The largest absolute Gasteiger partial charge is 0.497 e. The van der Waals surface area contributed by atoms with Crippen molar-refractivity contribution in [3.05, 3.63) is 117 Å². The van der Waals surface area contributed by atoms with Gasteiger partial charge in [-0.25, -0.2) is 9.07 Å². The SMILES string of the molecule is CC[C@@H](c1nnnn1Cc1ccc(OC)cc1)N(Cc1ccc(F)cc1)Cc1cc2cc(C)c(C)cc2[nH]c1=O. The third-order valence-corrected chi connectivity index (χ3v) is 7.38. The van der Waals surface area contributed by atoms with E-state index in [0.717, 1.165) is 38.9 Å². The zero-order valence-corrected chi connectivity index (χ0v) is 23.2. The summed E-state index contributed by atoms with van der Waals surface area (Å²) in [7, 11) is 1.64. The molecule has 1 N–H and O–H groups in total. The molecule has 9 heteroatoms. The summed E-state index contributed by atoms with van der Waals surface area (Å²) in [5, 5.41) is 13.7. The Hall–Kier alpha value is -4.37. The molecular weight excluding hydrogens is 507 g/mol. The van der Waals surface area contributed by atoms with Crippen molar-refractivity contribution in [3.8, 4) is 5.75 Å². The van der Waals surface area contributed by atoms with E-state index in [-0.39, 0.29) is 17.4 Å². The van der Waals surface area contributed by atoms with Crippen molar-refractivity contribution in [1.82, 2.24) is 30.1 Å². The number of nitrogens with zero attached hydrogens (tertiary/aromatic N) is 5. The van der Waals surface area contributed by atoms with Crippen LogP contribution in [-0.2, 0) is 19.6 Å². The van der Waals surface area contributed by atoms with Crippen LogP contribution in [0.5, 0.6) is 5.75 Å². The van der Waals surface area contributed by atoms with E-state index in [1.165, 1.54) is 12.1 Å². The summed E-state index contributed by atoms with van der Waals surface area (Å²) in [6, 6.07) is 20.1. The van der Waals surface area contributed by atoms with Gasteiger partial charge in [0.25, 0.3) is 5.56 Å². The number of aromatic nitrogens is 5. The number of rotatable bonds is 10. The molecule has 0 bridgehead atoms. The molecule has 0 aliphatic carbocycles. The van der Waals surface area contributed by atoms with Gasteiger partial charge < -0.3 is 9.72 Å². The third kappa shape index (κ3) is 5.94. The first-order valence-corrected chi connectivity index (χ1v) is 13.3. The number of pyridine rings is 1. The topological polar surface area (TPSA) is 88.9 Å². The molecule has 40 heavy (non-hydrogen) atoms. The first-order valence-electron chi connectivity index (χ1n) is 13.3. The molecule has 0 saturated carbocycles. The summed E-state index contributed by atoms with van der Waals surface area (Å²) in [4.78, 5) is 18.5. The molecule has 1 atom stereocenters. The van der Waals surface area contributed by atoms with Gasteiger partial charge in [0.05, 0.1) is 19.7 Å². The van der Waals surface area contributed by atoms with E-state index in [1.54, 1.807) is 23.9 Å². The van der Waals surface area contributed by atoms with Crippen LogP contribution in [0.4, 0.5) is 4.39 Å². The lowest BCUT2D eigenvalue weighted by Gasteiger charge is -2.30. The predicted molar refractivity (Wildman–Crippen MR) is 153 cm³/mol. The lowest BCUT2D eigenvalue weighted by atomic mass is 10.0. The van der Waals surface area contributed by atoms with Gasteiger partial charge in [-0.3, -0.25) is 9.69 Å². The summed E-state index contributed by atoms with van der Waals surface area (Å²) >= 11 is 0. The summed E-state index contributed by atoms with van der Waals surface area (Å²) in [6.07, 6.45) is 0.702. The Labute approximate surface area is 232 Å². The Morgan fingerprint density at radius 3 is 2.38 bits per heavy atom. The molecule has 5 aromatic rings. The fraction of sp³-hybridized carbons (Fsp3) is 0.290. The van der Waals surface area contributed by atoms with Crippen molar-refractivity contribution < 1.29 is 9.13 Å². The van der Waals surface area contributed by atoms with Gasteiger partial charge >= 0.3 is 0 Å². The van der Waals surface area contributed by atoms with Crippen LogP contribution in [0.2, 0.25) is 0 Å². The smallest absolute Gasteiger partial charge is 0.252 e. The average molecular weight is 541 g/mol. The Balaban J connectivity index is 1.51. The quantitative estimate of drug-likeness (QED) is 0.252. The molecular formula is C31H33FN6O2. The standard InChI is InChI=1S/C31H33FN6O2/c1-5-29(30-34-35-36-38(30)18-23-8-12-27(40-4)13-9-23)37(17-22-6-10-26(32)11-7-22)19-25-16-24-14-20(2)21(3)15-28(24)33-31(25)39/h6-16,29H,5,17-19H2,1-4H3,(H,33,39)/t29-/m0/s1. The number of hydrogen-bond donors (Lipinski definition) is 1. The van der Waals surface area contributed by atoms with Gasteiger partial charge in [-0.2, -0.15) is 0 Å². The highest BCUT2D eigenvalue weighted by Crippen LogP contribution is 2.27. The van der Waals surface area contributed by atoms with E-state index in [0.29, 0.717) is 37.4 Å². The maximum atomic E-state index is 13.7. The summed E-state index contributed by atoms with van der Waals surface area (Å²) in [5.41, 5.74) is 5.58. The van der Waals surface area contributed by atoms with Gasteiger partial charge in [0.1, 0.15) is 11.6 Å². The van der Waals surface area contributed by atoms with Crippen LogP contribution in [-0.4, -0.2) is 37.2 Å². The van der Waals surface area contributed by atoms with E-state index >= 15 is 0 Å². The van der Waals surface area contributed by atoms with Crippen LogP contribution in [0.25, 0.3) is 10.9 Å². The molecule has 0 amide bonds. The van der Waals surface area contributed by atoms with Gasteiger partial charge in [0.2, 0.25) is 0 Å². The van der Waals surface area contributed by atoms with Crippen molar-refractivity contribution in [2.75, 3.05) is 7.11 Å². The lowest BCUT2D eigenvalue weighted by molar-refractivity contribution is 0.161. The monoisotopic (exact) mass is 540 g/mol. The highest BCUT2D eigenvalue weighted by Gasteiger charge is 2.26. The number of methoxy groups -OCH3 is 1. The van der Waals surface area contributed by atoms with Crippen LogP contribution in [0.15, 0.2) is 71.5 Å². The van der Waals surface area contributed by atoms with Crippen LogP contribution >= 0.6 is 0 Å². The van der Waals surface area contributed by atoms with Crippen molar-refractivity contribution in [2.45, 2.75) is 52.9 Å². The Bertz CT molecular complexity index is 1660. The number of fused-ring (bicyclic) bond motifs is 1. The second-order valence-corrected chi connectivity index (χ2v) is 10.1. The van der Waals surface area contributed by atoms with Gasteiger partial charge in [-0.15, -0.1) is 5.10 Å². The van der Waals surface area contributed by atoms with Gasteiger partial charge in [-0.1, -0.05) is 31.2 Å². The number of H-pyrrole nitrogens is 1. The van der Waals surface area contributed by atoms with E-state index in [4.69, 9.17) is 4.74 Å². The maximum absolute atomic E-state index is 13.7. The Morgan fingerprint density at radius 1 is 0.975 bits per heavy atom. The molecule has 206 valence electrons. The molecule has 0 aliphatic rings.